The topological polar surface area (TPSA) is 40.5 Å². The average molecular weight is 227 g/mol. The van der Waals surface area contributed by atoms with Crippen LogP contribution in [0.5, 0.6) is 0 Å². The van der Waals surface area contributed by atoms with E-state index in [2.05, 4.69) is 32.6 Å². The van der Waals surface area contributed by atoms with E-state index in [1.807, 2.05) is 0 Å². The van der Waals surface area contributed by atoms with Gasteiger partial charge in [-0.15, -0.1) is 0 Å². The van der Waals surface area contributed by atoms with Crippen LogP contribution in [0.1, 0.15) is 47.0 Å². The van der Waals surface area contributed by atoms with E-state index in [0.29, 0.717) is 5.92 Å². The first kappa shape index (κ1) is 13.5. The molecule has 3 nitrogen and oxygen atoms in total. The van der Waals surface area contributed by atoms with Gasteiger partial charge >= 0.3 is 5.97 Å². The van der Waals surface area contributed by atoms with Crippen molar-refractivity contribution < 1.29 is 9.90 Å². The van der Waals surface area contributed by atoms with Crippen molar-refractivity contribution in [1.82, 2.24) is 4.90 Å². The lowest BCUT2D eigenvalue weighted by Crippen LogP contribution is -2.51. The highest BCUT2D eigenvalue weighted by atomic mass is 16.4. The van der Waals surface area contributed by atoms with Gasteiger partial charge in [0.15, 0.2) is 0 Å². The smallest absolute Gasteiger partial charge is 0.306 e. The lowest BCUT2D eigenvalue weighted by molar-refractivity contribution is -0.145. The molecule has 0 saturated carbocycles. The molecule has 1 heterocycles. The third-order valence-electron chi connectivity index (χ3n) is 3.68. The first-order valence-corrected chi connectivity index (χ1v) is 6.31. The molecule has 1 fully saturated rings. The van der Waals surface area contributed by atoms with E-state index < -0.39 is 5.97 Å². The molecule has 1 rings (SSSR count). The molecule has 3 heteroatoms. The summed E-state index contributed by atoms with van der Waals surface area (Å²) < 4.78 is 0. The van der Waals surface area contributed by atoms with Crippen LogP contribution in [0.25, 0.3) is 0 Å². The molecule has 0 amide bonds. The molecule has 0 bridgehead atoms. The van der Waals surface area contributed by atoms with E-state index in [-0.39, 0.29) is 11.5 Å². The predicted molar refractivity (Wildman–Crippen MR) is 65.5 cm³/mol. The summed E-state index contributed by atoms with van der Waals surface area (Å²) in [5.41, 5.74) is 0.0379. The predicted octanol–water partition coefficient (Wildman–Crippen LogP) is 2.61. The minimum Gasteiger partial charge on any atom is -0.481 e. The maximum atomic E-state index is 11.0. The van der Waals surface area contributed by atoms with Crippen molar-refractivity contribution in [2.24, 2.45) is 11.8 Å². The van der Waals surface area contributed by atoms with Crippen LogP contribution in [0.2, 0.25) is 0 Å². The zero-order valence-electron chi connectivity index (χ0n) is 11.0. The van der Waals surface area contributed by atoms with Crippen LogP contribution in [0, 0.1) is 11.8 Å². The van der Waals surface area contributed by atoms with E-state index in [4.69, 9.17) is 5.11 Å². The first-order chi connectivity index (χ1) is 7.33. The molecule has 0 aromatic heterocycles. The molecular weight excluding hydrogens is 202 g/mol. The fraction of sp³-hybridized carbons (Fsp3) is 0.923. The molecule has 1 atom stereocenters. The Kier molecular flexibility index (Phi) is 4.36. The molecule has 1 N–H and O–H groups in total. The van der Waals surface area contributed by atoms with Crippen molar-refractivity contribution in [3.05, 3.63) is 0 Å². The monoisotopic (exact) mass is 227 g/mol. The van der Waals surface area contributed by atoms with Crippen LogP contribution < -0.4 is 0 Å². The van der Waals surface area contributed by atoms with Crippen molar-refractivity contribution >= 4 is 5.97 Å². The molecule has 94 valence electrons. The Balaban J connectivity index is 2.53. The van der Waals surface area contributed by atoms with Crippen molar-refractivity contribution in [1.29, 1.82) is 0 Å². The lowest BCUT2D eigenvalue weighted by atomic mass is 9.82. The van der Waals surface area contributed by atoms with Crippen LogP contribution in [0.15, 0.2) is 0 Å². The molecule has 16 heavy (non-hydrogen) atoms. The van der Waals surface area contributed by atoms with Crippen molar-refractivity contribution in [2.45, 2.75) is 52.5 Å². The summed E-state index contributed by atoms with van der Waals surface area (Å²) in [5.74, 6) is -0.0603. The number of aliphatic carboxylic acids is 1. The molecular formula is C13H25NO2. The van der Waals surface area contributed by atoms with E-state index >= 15 is 0 Å². The normalized spacial score (nSPS) is 25.9. The molecule has 0 radical (unpaired) electrons. The molecule has 0 aliphatic carbocycles. The quantitative estimate of drug-likeness (QED) is 0.802. The SMILES string of the molecule is CC(C)CCN1CCC(C(=O)O)CC1(C)C. The largest absolute Gasteiger partial charge is 0.481 e. The first-order valence-electron chi connectivity index (χ1n) is 6.31. The molecule has 0 aromatic rings. The molecule has 0 aromatic carbocycles. The highest BCUT2D eigenvalue weighted by Gasteiger charge is 2.37. The maximum absolute atomic E-state index is 11.0. The highest BCUT2D eigenvalue weighted by Crippen LogP contribution is 2.31. The molecule has 0 spiro atoms. The van der Waals surface area contributed by atoms with Crippen LogP contribution in [0.4, 0.5) is 0 Å². The van der Waals surface area contributed by atoms with Gasteiger partial charge in [-0.3, -0.25) is 9.69 Å². The van der Waals surface area contributed by atoms with E-state index in [1.165, 1.54) is 6.42 Å². The summed E-state index contributed by atoms with van der Waals surface area (Å²) in [7, 11) is 0. The zero-order chi connectivity index (χ0) is 12.3. The number of carboxylic acid groups (broad SMARTS) is 1. The van der Waals surface area contributed by atoms with Gasteiger partial charge in [0.2, 0.25) is 0 Å². The second kappa shape index (κ2) is 5.17. The summed E-state index contributed by atoms with van der Waals surface area (Å²) in [6, 6.07) is 0. The molecule has 1 unspecified atom stereocenters. The Bertz CT molecular complexity index is 248. The minimum absolute atomic E-state index is 0.0379. The average Bonchev–Trinajstić information content (AvgIpc) is 2.14. The van der Waals surface area contributed by atoms with Crippen molar-refractivity contribution in [3.63, 3.8) is 0 Å². The van der Waals surface area contributed by atoms with Gasteiger partial charge < -0.3 is 5.11 Å². The van der Waals surface area contributed by atoms with Gasteiger partial charge in [0.25, 0.3) is 0 Å². The zero-order valence-corrected chi connectivity index (χ0v) is 11.0. The third-order valence-corrected chi connectivity index (χ3v) is 3.68. The van der Waals surface area contributed by atoms with Crippen LogP contribution in [0.3, 0.4) is 0 Å². The van der Waals surface area contributed by atoms with E-state index in [1.54, 1.807) is 0 Å². The van der Waals surface area contributed by atoms with Crippen LogP contribution in [-0.4, -0.2) is 34.6 Å². The Morgan fingerprint density at radius 2 is 2.12 bits per heavy atom. The maximum Gasteiger partial charge on any atom is 0.306 e. The number of hydrogen-bond donors (Lipinski definition) is 1. The second-order valence-electron chi connectivity index (χ2n) is 6.01. The van der Waals surface area contributed by atoms with E-state index in [9.17, 15) is 4.79 Å². The fourth-order valence-electron chi connectivity index (χ4n) is 2.49. The number of likely N-dealkylation sites (tertiary alicyclic amines) is 1. The molecule has 1 aliphatic heterocycles. The Labute approximate surface area is 98.8 Å². The number of piperidine rings is 1. The summed E-state index contributed by atoms with van der Waals surface area (Å²) in [6.45, 7) is 10.8. The second-order valence-corrected chi connectivity index (χ2v) is 6.01. The highest BCUT2D eigenvalue weighted by molar-refractivity contribution is 5.70. The minimum atomic E-state index is -0.628. The van der Waals surface area contributed by atoms with Crippen LogP contribution in [-0.2, 0) is 4.79 Å². The van der Waals surface area contributed by atoms with Gasteiger partial charge in [0.1, 0.15) is 0 Å². The number of nitrogens with zero attached hydrogens (tertiary/aromatic N) is 1. The Morgan fingerprint density at radius 3 is 2.56 bits per heavy atom. The summed E-state index contributed by atoms with van der Waals surface area (Å²) in [5, 5.41) is 9.06. The standard InChI is InChI=1S/C13H25NO2/c1-10(2)5-7-14-8-6-11(12(15)16)9-13(14,3)4/h10-11H,5-9H2,1-4H3,(H,15,16). The van der Waals surface area contributed by atoms with Crippen molar-refractivity contribution in [3.8, 4) is 0 Å². The number of carbonyl (C=O) groups is 1. The third kappa shape index (κ3) is 3.48. The lowest BCUT2D eigenvalue weighted by Gasteiger charge is -2.45. The van der Waals surface area contributed by atoms with Crippen molar-refractivity contribution in [2.75, 3.05) is 13.1 Å². The Morgan fingerprint density at radius 1 is 1.50 bits per heavy atom. The van der Waals surface area contributed by atoms with E-state index in [0.717, 1.165) is 25.9 Å². The number of rotatable bonds is 4. The summed E-state index contributed by atoms with van der Waals surface area (Å²) in [6.07, 6.45) is 2.78. The van der Waals surface area contributed by atoms with Crippen LogP contribution >= 0.6 is 0 Å². The van der Waals surface area contributed by atoms with Gasteiger partial charge in [-0.2, -0.15) is 0 Å². The summed E-state index contributed by atoms with van der Waals surface area (Å²) in [4.78, 5) is 13.4. The Hall–Kier alpha value is -0.570. The van der Waals surface area contributed by atoms with Gasteiger partial charge in [-0.25, -0.2) is 0 Å². The van der Waals surface area contributed by atoms with Gasteiger partial charge in [-0.1, -0.05) is 13.8 Å². The number of hydrogen-bond acceptors (Lipinski definition) is 2. The fourth-order valence-corrected chi connectivity index (χ4v) is 2.49. The van der Waals surface area contributed by atoms with Gasteiger partial charge in [0.05, 0.1) is 5.92 Å². The molecule has 1 aliphatic rings. The summed E-state index contributed by atoms with van der Waals surface area (Å²) >= 11 is 0. The van der Waals surface area contributed by atoms with Gasteiger partial charge in [-0.05, 0) is 52.1 Å². The molecule has 1 saturated heterocycles. The number of carboxylic acids is 1. The van der Waals surface area contributed by atoms with Gasteiger partial charge in [0, 0.05) is 5.54 Å².